The lowest BCUT2D eigenvalue weighted by molar-refractivity contribution is 0.0967. The third kappa shape index (κ3) is 2.55. The Morgan fingerprint density at radius 1 is 1.53 bits per heavy atom. The maximum absolute atomic E-state index is 11.9. The van der Waals surface area contributed by atoms with Gasteiger partial charge >= 0.3 is 0 Å². The van der Waals surface area contributed by atoms with E-state index in [1.165, 1.54) is 11.0 Å². The minimum Gasteiger partial charge on any atom is -0.292 e. The van der Waals surface area contributed by atoms with E-state index in [-0.39, 0.29) is 18.2 Å². The number of aromatic nitrogens is 3. The normalized spacial score (nSPS) is 9.88. The molecule has 0 bridgehead atoms. The molecule has 0 radical (unpaired) electrons. The van der Waals surface area contributed by atoms with E-state index in [9.17, 15) is 4.79 Å². The number of ketones is 1. The van der Waals surface area contributed by atoms with Crippen LogP contribution in [0.5, 0.6) is 0 Å². The number of aryl methyl sites for hydroxylation is 1. The van der Waals surface area contributed by atoms with Gasteiger partial charge in [-0.3, -0.25) is 4.79 Å². The van der Waals surface area contributed by atoms with Gasteiger partial charge in [0, 0.05) is 5.56 Å². The number of rotatable bonds is 3. The van der Waals surface area contributed by atoms with Crippen molar-refractivity contribution in [2.45, 2.75) is 13.5 Å². The van der Waals surface area contributed by atoms with Crippen molar-refractivity contribution < 1.29 is 4.79 Å². The highest BCUT2D eigenvalue weighted by atomic mass is 16.1. The number of carbonyl (C=O) groups excluding carboxylic acids is 1. The molecule has 0 saturated carbocycles. The average molecular weight is 226 g/mol. The predicted molar refractivity (Wildman–Crippen MR) is 60.2 cm³/mol. The molecule has 0 unspecified atom stereocenters. The van der Waals surface area contributed by atoms with Crippen LogP contribution in [0, 0.1) is 18.3 Å². The van der Waals surface area contributed by atoms with Crippen molar-refractivity contribution in [1.29, 1.82) is 5.26 Å². The molecule has 5 nitrogen and oxygen atoms in total. The van der Waals surface area contributed by atoms with Crippen LogP contribution in [-0.2, 0) is 6.54 Å². The Bertz CT molecular complexity index is 595. The summed E-state index contributed by atoms with van der Waals surface area (Å²) in [5.74, 6) is 0.0186. The summed E-state index contributed by atoms with van der Waals surface area (Å²) in [6, 6.07) is 9.17. The van der Waals surface area contributed by atoms with Gasteiger partial charge in [0.05, 0.1) is 0 Å². The molecule has 2 rings (SSSR count). The molecule has 84 valence electrons. The van der Waals surface area contributed by atoms with E-state index in [2.05, 4.69) is 10.1 Å². The highest BCUT2D eigenvalue weighted by Gasteiger charge is 2.08. The Balaban J connectivity index is 2.14. The molecule has 0 spiro atoms. The molecule has 1 aromatic heterocycles. The van der Waals surface area contributed by atoms with Crippen LogP contribution in [0.1, 0.15) is 21.7 Å². The lowest BCUT2D eigenvalue weighted by Gasteiger charge is -2.01. The number of Topliss-reactive ketones (excluding diaryl/α,β-unsaturated/α-hetero) is 1. The standard InChI is InChI=1S/C12H10N4O/c1-9-3-2-4-10(5-9)11(17)7-16-8-14-12(6-13)15-16/h2-5,8H,7H2,1H3. The summed E-state index contributed by atoms with van der Waals surface area (Å²) in [5.41, 5.74) is 1.67. The van der Waals surface area contributed by atoms with Crippen LogP contribution in [0.2, 0.25) is 0 Å². The molecule has 0 saturated heterocycles. The summed E-state index contributed by atoms with van der Waals surface area (Å²) in [6.45, 7) is 2.03. The van der Waals surface area contributed by atoms with Crippen LogP contribution in [0.4, 0.5) is 0 Å². The first-order chi connectivity index (χ1) is 8.19. The minimum atomic E-state index is -0.0527. The van der Waals surface area contributed by atoms with Crippen molar-refractivity contribution in [2.24, 2.45) is 0 Å². The largest absolute Gasteiger partial charge is 0.292 e. The fraction of sp³-hybridized carbons (Fsp3) is 0.167. The maximum atomic E-state index is 11.9. The Morgan fingerprint density at radius 3 is 3.00 bits per heavy atom. The van der Waals surface area contributed by atoms with Gasteiger partial charge in [0.2, 0.25) is 0 Å². The highest BCUT2D eigenvalue weighted by molar-refractivity contribution is 5.95. The second-order valence-electron chi connectivity index (χ2n) is 3.67. The molecule has 0 aliphatic rings. The highest BCUT2D eigenvalue weighted by Crippen LogP contribution is 2.05. The molecule has 0 aliphatic carbocycles. The molecular weight excluding hydrogens is 216 g/mol. The van der Waals surface area contributed by atoms with Crippen LogP contribution < -0.4 is 0 Å². The maximum Gasteiger partial charge on any atom is 0.252 e. The summed E-state index contributed by atoms with van der Waals surface area (Å²) in [5, 5.41) is 12.4. The molecule has 1 heterocycles. The lowest BCUT2D eigenvalue weighted by atomic mass is 10.1. The summed E-state index contributed by atoms with van der Waals surface area (Å²) >= 11 is 0. The van der Waals surface area contributed by atoms with Crippen LogP contribution in [0.15, 0.2) is 30.6 Å². The van der Waals surface area contributed by atoms with Gasteiger partial charge in [-0.25, -0.2) is 9.67 Å². The molecule has 0 atom stereocenters. The Labute approximate surface area is 98.3 Å². The van der Waals surface area contributed by atoms with Gasteiger partial charge < -0.3 is 0 Å². The molecule has 5 heteroatoms. The van der Waals surface area contributed by atoms with E-state index < -0.39 is 0 Å². The number of carbonyl (C=O) groups is 1. The molecule has 17 heavy (non-hydrogen) atoms. The van der Waals surface area contributed by atoms with E-state index in [1.54, 1.807) is 6.07 Å². The van der Waals surface area contributed by atoms with E-state index in [4.69, 9.17) is 5.26 Å². The molecule has 0 amide bonds. The van der Waals surface area contributed by atoms with Crippen molar-refractivity contribution >= 4 is 5.78 Å². The van der Waals surface area contributed by atoms with Gasteiger partial charge in [0.25, 0.3) is 5.82 Å². The van der Waals surface area contributed by atoms with E-state index >= 15 is 0 Å². The van der Waals surface area contributed by atoms with Gasteiger partial charge in [0.15, 0.2) is 5.78 Å². The molecule has 0 N–H and O–H groups in total. The zero-order valence-electron chi connectivity index (χ0n) is 9.29. The van der Waals surface area contributed by atoms with Gasteiger partial charge in [-0.2, -0.15) is 5.26 Å². The minimum absolute atomic E-state index is 0.0527. The van der Waals surface area contributed by atoms with Gasteiger partial charge in [-0.05, 0) is 13.0 Å². The van der Waals surface area contributed by atoms with Gasteiger partial charge in [-0.15, -0.1) is 5.10 Å². The number of benzene rings is 1. The number of nitrogens with zero attached hydrogens (tertiary/aromatic N) is 4. The first kappa shape index (κ1) is 11.0. The molecule has 0 aliphatic heterocycles. The third-order valence-electron chi connectivity index (χ3n) is 2.28. The SMILES string of the molecule is Cc1cccc(C(=O)Cn2cnc(C#N)n2)c1. The Kier molecular flexibility index (Phi) is 2.97. The second-order valence-corrected chi connectivity index (χ2v) is 3.67. The van der Waals surface area contributed by atoms with Crippen molar-refractivity contribution in [3.8, 4) is 6.07 Å². The van der Waals surface area contributed by atoms with Crippen LogP contribution in [0.25, 0.3) is 0 Å². The fourth-order valence-electron chi connectivity index (χ4n) is 1.48. The van der Waals surface area contributed by atoms with E-state index in [0.717, 1.165) is 5.56 Å². The van der Waals surface area contributed by atoms with Crippen molar-refractivity contribution in [1.82, 2.24) is 14.8 Å². The smallest absolute Gasteiger partial charge is 0.252 e. The summed E-state index contributed by atoms with van der Waals surface area (Å²) < 4.78 is 1.36. The number of nitriles is 1. The first-order valence-corrected chi connectivity index (χ1v) is 5.08. The average Bonchev–Trinajstić information content (AvgIpc) is 2.77. The zero-order valence-corrected chi connectivity index (χ0v) is 9.29. The first-order valence-electron chi connectivity index (χ1n) is 5.08. The topological polar surface area (TPSA) is 71.6 Å². The predicted octanol–water partition coefficient (Wildman–Crippen LogP) is 1.34. The van der Waals surface area contributed by atoms with Crippen molar-refractivity contribution in [3.05, 3.63) is 47.5 Å². The molecule has 2 aromatic rings. The van der Waals surface area contributed by atoms with Crippen LogP contribution >= 0.6 is 0 Å². The summed E-state index contributed by atoms with van der Waals surface area (Å²) in [4.78, 5) is 15.6. The molecular formula is C12H10N4O. The van der Waals surface area contributed by atoms with Crippen molar-refractivity contribution in [3.63, 3.8) is 0 Å². The monoisotopic (exact) mass is 226 g/mol. The lowest BCUT2D eigenvalue weighted by Crippen LogP contribution is -2.11. The third-order valence-corrected chi connectivity index (χ3v) is 2.28. The van der Waals surface area contributed by atoms with E-state index in [1.807, 2.05) is 31.2 Å². The summed E-state index contributed by atoms with van der Waals surface area (Å²) in [6.07, 6.45) is 1.38. The molecule has 1 aromatic carbocycles. The van der Waals surface area contributed by atoms with Crippen LogP contribution in [0.3, 0.4) is 0 Å². The molecule has 0 fully saturated rings. The summed E-state index contributed by atoms with van der Waals surface area (Å²) in [7, 11) is 0. The Hall–Kier alpha value is -2.48. The Morgan fingerprint density at radius 2 is 2.35 bits per heavy atom. The quantitative estimate of drug-likeness (QED) is 0.740. The van der Waals surface area contributed by atoms with Crippen LogP contribution in [-0.4, -0.2) is 20.5 Å². The zero-order chi connectivity index (χ0) is 12.3. The van der Waals surface area contributed by atoms with Gasteiger partial charge in [-0.1, -0.05) is 23.8 Å². The second kappa shape index (κ2) is 4.58. The fourth-order valence-corrected chi connectivity index (χ4v) is 1.48. The van der Waals surface area contributed by atoms with E-state index in [0.29, 0.717) is 5.56 Å². The number of hydrogen-bond acceptors (Lipinski definition) is 4. The van der Waals surface area contributed by atoms with Crippen molar-refractivity contribution in [2.75, 3.05) is 0 Å². The van der Waals surface area contributed by atoms with Gasteiger partial charge in [0.1, 0.15) is 18.9 Å². The number of hydrogen-bond donors (Lipinski definition) is 0.